The van der Waals surface area contributed by atoms with Crippen LogP contribution in [0, 0.1) is 23.2 Å². The Hall–Kier alpha value is -2.35. The summed E-state index contributed by atoms with van der Waals surface area (Å²) >= 11 is 0. The van der Waals surface area contributed by atoms with E-state index in [0.29, 0.717) is 37.5 Å². The van der Waals surface area contributed by atoms with E-state index < -0.39 is 76.0 Å². The molecule has 0 aromatic rings. The molecule has 0 aromatic heterocycles. The molecule has 5 fully saturated rings. The molecule has 1 heterocycles. The maximum atomic E-state index is 13.5. The minimum Gasteiger partial charge on any atom is -0.456 e. The van der Waals surface area contributed by atoms with E-state index in [9.17, 15) is 36.4 Å². The third-order valence-corrected chi connectivity index (χ3v) is 10.6. The van der Waals surface area contributed by atoms with Gasteiger partial charge in [-0.15, -0.1) is 0 Å². The van der Waals surface area contributed by atoms with Crippen LogP contribution in [0.1, 0.15) is 91.4 Å². The molecule has 232 valence electrons. The molecule has 5 rings (SSSR count). The Morgan fingerprint density at radius 2 is 1.51 bits per heavy atom. The molecule has 11 nitrogen and oxygen atoms in total. The van der Waals surface area contributed by atoms with Crippen molar-refractivity contribution in [3.05, 3.63) is 0 Å². The fourth-order valence-electron chi connectivity index (χ4n) is 7.93. The summed E-state index contributed by atoms with van der Waals surface area (Å²) < 4.78 is 77.9. The number of hydrogen-bond acceptors (Lipinski definition) is 10. The molecule has 3 unspecified atom stereocenters. The summed E-state index contributed by atoms with van der Waals surface area (Å²) in [7, 11) is -5.83. The number of carbonyl (C=O) groups excluding carboxylic acids is 4. The van der Waals surface area contributed by atoms with E-state index in [4.69, 9.17) is 18.8 Å². The standard InChI is InChI=1S/C27H38F2O11S/c1-4-26(5-2,25-12-16-8-17(13-25)10-18(9-16)14-25)40-24(33)20-11-19(23(32)39-20)38-22(31)7-6-21(30)37-15(3)27(28,29)41(34,35)36/h15-20H,4-14H2,1-3H3,(H,34,35,36). The van der Waals surface area contributed by atoms with Crippen LogP contribution in [0.25, 0.3) is 0 Å². The van der Waals surface area contributed by atoms with Crippen LogP contribution in [0.3, 0.4) is 0 Å². The molecule has 0 spiro atoms. The summed E-state index contributed by atoms with van der Waals surface area (Å²) in [4.78, 5) is 49.7. The Balaban J connectivity index is 1.30. The Labute approximate surface area is 237 Å². The zero-order valence-electron chi connectivity index (χ0n) is 23.4. The second-order valence-corrected chi connectivity index (χ2v) is 13.6. The van der Waals surface area contributed by atoms with Crippen LogP contribution in [-0.2, 0) is 48.2 Å². The van der Waals surface area contributed by atoms with Gasteiger partial charge in [0.2, 0.25) is 12.2 Å². The lowest BCUT2D eigenvalue weighted by atomic mass is 9.44. The molecule has 1 saturated heterocycles. The first kappa shape index (κ1) is 31.6. The minimum atomic E-state index is -5.83. The van der Waals surface area contributed by atoms with Crippen LogP contribution in [0.15, 0.2) is 0 Å². The van der Waals surface area contributed by atoms with Gasteiger partial charge in [0.1, 0.15) is 5.60 Å². The van der Waals surface area contributed by atoms with Crippen molar-refractivity contribution in [3.63, 3.8) is 0 Å². The summed E-state index contributed by atoms with van der Waals surface area (Å²) in [6.07, 6.45) is 1.11. The zero-order valence-corrected chi connectivity index (χ0v) is 24.3. The third kappa shape index (κ3) is 6.09. The normalized spacial score (nSPS) is 31.9. The predicted molar refractivity (Wildman–Crippen MR) is 136 cm³/mol. The summed E-state index contributed by atoms with van der Waals surface area (Å²) in [6, 6.07) is 0. The lowest BCUT2D eigenvalue weighted by molar-refractivity contribution is -0.218. The zero-order chi connectivity index (χ0) is 30.4. The van der Waals surface area contributed by atoms with Gasteiger partial charge in [-0.25, -0.2) is 9.59 Å². The SMILES string of the molecule is CCC(CC)(OC(=O)C1CC(OC(=O)CCC(=O)OC(C)C(F)(F)S(=O)(=O)O)C(=O)O1)C12CC3CC(CC(C3)C1)C2. The van der Waals surface area contributed by atoms with Gasteiger partial charge in [-0.2, -0.15) is 17.2 Å². The van der Waals surface area contributed by atoms with Crippen molar-refractivity contribution < 1.29 is 59.9 Å². The average molecular weight is 609 g/mol. The van der Waals surface area contributed by atoms with Crippen molar-refractivity contribution in [3.8, 4) is 0 Å². The van der Waals surface area contributed by atoms with Crippen LogP contribution in [0.2, 0.25) is 0 Å². The Morgan fingerprint density at radius 3 is 2.00 bits per heavy atom. The second-order valence-electron chi connectivity index (χ2n) is 12.1. The topological polar surface area (TPSA) is 160 Å². The van der Waals surface area contributed by atoms with Crippen molar-refractivity contribution in [1.82, 2.24) is 0 Å². The fraction of sp³-hybridized carbons (Fsp3) is 0.852. The Morgan fingerprint density at radius 1 is 1.00 bits per heavy atom. The van der Waals surface area contributed by atoms with E-state index in [-0.39, 0.29) is 11.8 Å². The number of halogens is 2. The molecule has 0 amide bonds. The van der Waals surface area contributed by atoms with Crippen LogP contribution in [0.4, 0.5) is 8.78 Å². The summed E-state index contributed by atoms with van der Waals surface area (Å²) in [6.45, 7) is 4.58. The van der Waals surface area contributed by atoms with Crippen molar-refractivity contribution in [2.75, 3.05) is 0 Å². The monoisotopic (exact) mass is 608 g/mol. The van der Waals surface area contributed by atoms with Crippen molar-refractivity contribution in [1.29, 1.82) is 0 Å². The number of alkyl halides is 2. The third-order valence-electron chi connectivity index (χ3n) is 9.59. The summed E-state index contributed by atoms with van der Waals surface area (Å²) in [5, 5.41) is -4.75. The van der Waals surface area contributed by atoms with Gasteiger partial charge in [-0.1, -0.05) is 13.8 Å². The van der Waals surface area contributed by atoms with Gasteiger partial charge in [0, 0.05) is 11.8 Å². The van der Waals surface area contributed by atoms with E-state index in [1.165, 1.54) is 19.3 Å². The Bertz CT molecular complexity index is 1130. The second kappa shape index (κ2) is 11.4. The van der Waals surface area contributed by atoms with Crippen LogP contribution < -0.4 is 0 Å². The van der Waals surface area contributed by atoms with Crippen molar-refractivity contribution in [2.45, 2.75) is 121 Å². The molecule has 41 heavy (non-hydrogen) atoms. The van der Waals surface area contributed by atoms with Crippen LogP contribution in [0.5, 0.6) is 0 Å². The smallest absolute Gasteiger partial charge is 0.405 e. The molecule has 4 saturated carbocycles. The maximum Gasteiger partial charge on any atom is 0.405 e. The molecule has 3 atom stereocenters. The van der Waals surface area contributed by atoms with Crippen molar-refractivity contribution in [2.24, 2.45) is 23.2 Å². The van der Waals surface area contributed by atoms with Gasteiger partial charge in [-0.05, 0) is 76.0 Å². The lowest BCUT2D eigenvalue weighted by Crippen LogP contribution is -2.60. The first-order valence-electron chi connectivity index (χ1n) is 14.2. The largest absolute Gasteiger partial charge is 0.456 e. The molecule has 1 N–H and O–H groups in total. The molecule has 4 aliphatic carbocycles. The van der Waals surface area contributed by atoms with E-state index in [2.05, 4.69) is 4.74 Å². The van der Waals surface area contributed by atoms with Gasteiger partial charge >= 0.3 is 39.2 Å². The predicted octanol–water partition coefficient (Wildman–Crippen LogP) is 3.72. The first-order valence-corrected chi connectivity index (χ1v) is 15.7. The molecule has 1 aliphatic heterocycles. The number of esters is 4. The number of rotatable bonds is 12. The molecule has 4 bridgehead atoms. The number of carbonyl (C=O) groups is 4. The number of ether oxygens (including phenoxy) is 4. The first-order chi connectivity index (χ1) is 19.0. The highest BCUT2D eigenvalue weighted by atomic mass is 32.2. The van der Waals surface area contributed by atoms with E-state index in [1.807, 2.05) is 13.8 Å². The lowest BCUT2D eigenvalue weighted by Gasteiger charge is -2.63. The highest BCUT2D eigenvalue weighted by molar-refractivity contribution is 7.86. The van der Waals surface area contributed by atoms with Crippen LogP contribution >= 0.6 is 0 Å². The van der Waals surface area contributed by atoms with E-state index in [1.54, 1.807) is 0 Å². The van der Waals surface area contributed by atoms with Crippen LogP contribution in [-0.4, -0.2) is 66.0 Å². The van der Waals surface area contributed by atoms with Gasteiger partial charge in [0.25, 0.3) is 0 Å². The Kier molecular flexibility index (Phi) is 8.77. The van der Waals surface area contributed by atoms with E-state index in [0.717, 1.165) is 19.3 Å². The molecule has 5 aliphatic rings. The molecule has 14 heteroatoms. The summed E-state index contributed by atoms with van der Waals surface area (Å²) in [5.74, 6) is -2.11. The van der Waals surface area contributed by atoms with Gasteiger partial charge < -0.3 is 18.9 Å². The number of cyclic esters (lactones) is 1. The molecular weight excluding hydrogens is 570 g/mol. The van der Waals surface area contributed by atoms with Crippen molar-refractivity contribution >= 4 is 34.0 Å². The molecule has 0 aromatic carbocycles. The van der Waals surface area contributed by atoms with E-state index >= 15 is 0 Å². The average Bonchev–Trinajstić information content (AvgIpc) is 3.24. The van der Waals surface area contributed by atoms with Gasteiger partial charge in [-0.3, -0.25) is 14.1 Å². The van der Waals surface area contributed by atoms with Gasteiger partial charge in [0.15, 0.2) is 6.10 Å². The fourth-order valence-corrected chi connectivity index (χ4v) is 8.40. The molecular formula is C27H38F2O11S. The highest BCUT2D eigenvalue weighted by Crippen LogP contribution is 2.65. The highest BCUT2D eigenvalue weighted by Gasteiger charge is 2.61. The summed E-state index contributed by atoms with van der Waals surface area (Å²) in [5.41, 5.74) is -0.794. The molecule has 0 radical (unpaired) electrons. The number of hydrogen-bond donors (Lipinski definition) is 1. The van der Waals surface area contributed by atoms with Gasteiger partial charge in [0.05, 0.1) is 12.8 Å². The maximum absolute atomic E-state index is 13.5. The minimum absolute atomic E-state index is 0.104. The quantitative estimate of drug-likeness (QED) is 0.195.